The summed E-state index contributed by atoms with van der Waals surface area (Å²) in [7, 11) is 0. The van der Waals surface area contributed by atoms with Gasteiger partial charge in [-0.1, -0.05) is 24.9 Å². The summed E-state index contributed by atoms with van der Waals surface area (Å²) in [5, 5.41) is 0.0967. The van der Waals surface area contributed by atoms with Crippen molar-refractivity contribution in [2.45, 2.75) is 47.5 Å². The number of hydrogen-bond acceptors (Lipinski definition) is 8. The van der Waals surface area contributed by atoms with Crippen LogP contribution in [0.1, 0.15) is 67.4 Å². The molecule has 0 saturated carbocycles. The highest BCUT2D eigenvalue weighted by Gasteiger charge is 2.15. The van der Waals surface area contributed by atoms with Crippen LogP contribution in [0.5, 0.6) is 11.8 Å². The molecule has 0 aliphatic rings. The van der Waals surface area contributed by atoms with Crippen LogP contribution < -0.4 is 9.47 Å². The van der Waals surface area contributed by atoms with Gasteiger partial charge in [-0.2, -0.15) is 0 Å². The van der Waals surface area contributed by atoms with Crippen molar-refractivity contribution in [2.75, 3.05) is 26.4 Å². The van der Waals surface area contributed by atoms with Crippen molar-refractivity contribution in [3.63, 3.8) is 0 Å². The zero-order chi connectivity index (χ0) is 23.9. The zero-order valence-electron chi connectivity index (χ0n) is 19.3. The first-order valence-electron chi connectivity index (χ1n) is 10.7. The lowest BCUT2D eigenvalue weighted by Gasteiger charge is -2.09. The van der Waals surface area contributed by atoms with Gasteiger partial charge >= 0.3 is 11.9 Å². The lowest BCUT2D eigenvalue weighted by atomic mass is 10.1. The van der Waals surface area contributed by atoms with Crippen LogP contribution in [-0.4, -0.2) is 48.3 Å². The Balaban J connectivity index is 0.000000323. The van der Waals surface area contributed by atoms with Crippen LogP contribution in [0.25, 0.3) is 0 Å². The van der Waals surface area contributed by atoms with E-state index in [2.05, 4.69) is 9.97 Å². The molecule has 8 nitrogen and oxygen atoms in total. The van der Waals surface area contributed by atoms with Crippen LogP contribution in [0, 0.1) is 0 Å². The molecule has 0 atom stereocenters. The molecule has 2 heterocycles. The van der Waals surface area contributed by atoms with E-state index in [-0.39, 0.29) is 16.7 Å². The summed E-state index contributed by atoms with van der Waals surface area (Å²) in [5.41, 5.74) is 1.54. The van der Waals surface area contributed by atoms with Crippen molar-refractivity contribution >= 4 is 23.5 Å². The first-order valence-corrected chi connectivity index (χ1v) is 11.1. The topological polar surface area (TPSA) is 96.8 Å². The standard InChI is InChI=1S/C13H19NO3.C10H12ClNO3/c1-4-7-11-10(13(15)17-6-3)8-9-12(14-11)16-5-2;1-3-14-8-6-5-7(9(11)12-8)10(13)15-4-2/h8-9H,4-7H2,1-3H3;5-6H,3-4H2,1-2H3. The van der Waals surface area contributed by atoms with E-state index >= 15 is 0 Å². The Labute approximate surface area is 194 Å². The van der Waals surface area contributed by atoms with Crippen molar-refractivity contribution < 1.29 is 28.5 Å². The van der Waals surface area contributed by atoms with Gasteiger partial charge in [-0.05, 0) is 46.2 Å². The number of halogens is 1. The summed E-state index contributed by atoms with van der Waals surface area (Å²) < 4.78 is 20.3. The second-order valence-corrected chi connectivity index (χ2v) is 6.55. The summed E-state index contributed by atoms with van der Waals surface area (Å²) >= 11 is 5.80. The van der Waals surface area contributed by atoms with Crippen LogP contribution in [-0.2, 0) is 15.9 Å². The van der Waals surface area contributed by atoms with Gasteiger partial charge in [0.15, 0.2) is 0 Å². The van der Waals surface area contributed by atoms with Gasteiger partial charge in [-0.3, -0.25) is 0 Å². The van der Waals surface area contributed by atoms with Crippen molar-refractivity contribution in [1.29, 1.82) is 0 Å². The van der Waals surface area contributed by atoms with E-state index in [9.17, 15) is 9.59 Å². The van der Waals surface area contributed by atoms with Crippen molar-refractivity contribution in [1.82, 2.24) is 9.97 Å². The molecular formula is C23H31ClN2O6. The Bertz CT molecular complexity index is 876. The van der Waals surface area contributed by atoms with E-state index in [0.29, 0.717) is 43.8 Å². The van der Waals surface area contributed by atoms with Crippen LogP contribution in [0.15, 0.2) is 24.3 Å². The van der Waals surface area contributed by atoms with E-state index < -0.39 is 5.97 Å². The molecule has 2 rings (SSSR count). The average molecular weight is 467 g/mol. The fourth-order valence-electron chi connectivity index (χ4n) is 2.54. The Kier molecular flexibility index (Phi) is 12.7. The van der Waals surface area contributed by atoms with Crippen LogP contribution in [0.3, 0.4) is 0 Å². The second kappa shape index (κ2) is 15.0. The predicted molar refractivity (Wildman–Crippen MR) is 122 cm³/mol. The SMILES string of the molecule is CCCc1nc(OCC)ccc1C(=O)OCC.CCOC(=O)c1ccc(OCC)nc1Cl. The predicted octanol–water partition coefficient (Wildman–Crippen LogP) is 4.92. The van der Waals surface area contributed by atoms with E-state index in [1.807, 2.05) is 20.8 Å². The normalized spacial score (nSPS) is 9.94. The fraction of sp³-hybridized carbons (Fsp3) is 0.478. The highest BCUT2D eigenvalue weighted by molar-refractivity contribution is 6.32. The van der Waals surface area contributed by atoms with Gasteiger partial charge < -0.3 is 18.9 Å². The monoisotopic (exact) mass is 466 g/mol. The molecule has 0 N–H and O–H groups in total. The Morgan fingerprint density at radius 3 is 1.72 bits per heavy atom. The number of nitrogens with zero attached hydrogens (tertiary/aromatic N) is 2. The summed E-state index contributed by atoms with van der Waals surface area (Å²) in [6.45, 7) is 11.1. The molecule has 32 heavy (non-hydrogen) atoms. The molecule has 0 unspecified atom stereocenters. The number of ether oxygens (including phenoxy) is 4. The second-order valence-electron chi connectivity index (χ2n) is 6.19. The maximum atomic E-state index is 11.7. The van der Waals surface area contributed by atoms with Gasteiger partial charge in [0.25, 0.3) is 0 Å². The number of esters is 2. The first kappa shape index (κ1) is 27.2. The van der Waals surface area contributed by atoms with Crippen LogP contribution in [0.4, 0.5) is 0 Å². The number of pyridine rings is 2. The molecule has 0 radical (unpaired) electrons. The third kappa shape index (κ3) is 8.70. The highest BCUT2D eigenvalue weighted by Crippen LogP contribution is 2.19. The average Bonchev–Trinajstić information content (AvgIpc) is 2.75. The third-order valence-electron chi connectivity index (χ3n) is 3.83. The summed E-state index contributed by atoms with van der Waals surface area (Å²) in [4.78, 5) is 31.3. The number of hydrogen-bond donors (Lipinski definition) is 0. The molecule has 0 bridgehead atoms. The number of carbonyl (C=O) groups is 2. The lowest BCUT2D eigenvalue weighted by molar-refractivity contribution is 0.0515. The summed E-state index contributed by atoms with van der Waals surface area (Å²) in [6.07, 6.45) is 1.67. The molecule has 0 fully saturated rings. The number of aromatic nitrogens is 2. The smallest absolute Gasteiger partial charge is 0.341 e. The highest BCUT2D eigenvalue weighted by atomic mass is 35.5. The Hall–Kier alpha value is -2.87. The maximum absolute atomic E-state index is 11.7. The van der Waals surface area contributed by atoms with Gasteiger partial charge in [-0.25, -0.2) is 19.6 Å². The van der Waals surface area contributed by atoms with Gasteiger partial charge in [-0.15, -0.1) is 0 Å². The van der Waals surface area contributed by atoms with E-state index in [0.717, 1.165) is 18.5 Å². The number of carbonyl (C=O) groups excluding carboxylic acids is 2. The molecule has 0 aliphatic carbocycles. The van der Waals surface area contributed by atoms with Crippen LogP contribution >= 0.6 is 11.6 Å². The van der Waals surface area contributed by atoms with Gasteiger partial charge in [0.2, 0.25) is 11.8 Å². The van der Waals surface area contributed by atoms with E-state index in [1.54, 1.807) is 38.1 Å². The van der Waals surface area contributed by atoms with Gasteiger partial charge in [0.1, 0.15) is 5.15 Å². The molecule has 9 heteroatoms. The van der Waals surface area contributed by atoms with Gasteiger partial charge in [0.05, 0.1) is 43.2 Å². The van der Waals surface area contributed by atoms with Crippen molar-refractivity contribution in [3.8, 4) is 11.8 Å². The fourth-order valence-corrected chi connectivity index (χ4v) is 2.76. The Morgan fingerprint density at radius 1 is 0.750 bits per heavy atom. The number of rotatable bonds is 10. The van der Waals surface area contributed by atoms with E-state index in [4.69, 9.17) is 30.5 Å². The molecule has 0 aliphatic heterocycles. The number of aryl methyl sites for hydroxylation is 1. The van der Waals surface area contributed by atoms with E-state index in [1.165, 1.54) is 0 Å². The zero-order valence-corrected chi connectivity index (χ0v) is 20.0. The molecule has 0 saturated heterocycles. The molecule has 0 amide bonds. The lowest BCUT2D eigenvalue weighted by Crippen LogP contribution is -2.10. The Morgan fingerprint density at radius 2 is 1.25 bits per heavy atom. The largest absolute Gasteiger partial charge is 0.478 e. The molecular weight excluding hydrogens is 436 g/mol. The first-order chi connectivity index (χ1) is 15.4. The minimum absolute atomic E-state index is 0.0967. The van der Waals surface area contributed by atoms with Crippen molar-refractivity contribution in [3.05, 3.63) is 46.2 Å². The summed E-state index contributed by atoms with van der Waals surface area (Å²) in [5.74, 6) is 0.170. The maximum Gasteiger partial charge on any atom is 0.341 e. The van der Waals surface area contributed by atoms with Gasteiger partial charge in [0, 0.05) is 12.1 Å². The third-order valence-corrected chi connectivity index (χ3v) is 4.12. The van der Waals surface area contributed by atoms with Crippen LogP contribution in [0.2, 0.25) is 5.15 Å². The minimum Gasteiger partial charge on any atom is -0.478 e. The molecule has 0 spiro atoms. The van der Waals surface area contributed by atoms with Crippen molar-refractivity contribution in [2.24, 2.45) is 0 Å². The molecule has 176 valence electrons. The summed E-state index contributed by atoms with van der Waals surface area (Å²) in [6, 6.07) is 6.55. The quantitative estimate of drug-likeness (QED) is 0.359. The minimum atomic E-state index is -0.474. The molecule has 0 aromatic carbocycles. The molecule has 2 aromatic heterocycles. The molecule has 2 aromatic rings.